The van der Waals surface area contributed by atoms with Gasteiger partial charge in [-0.2, -0.15) is 11.8 Å². The second kappa shape index (κ2) is 7.00. The highest BCUT2D eigenvalue weighted by atomic mass is 32.2. The fraction of sp³-hybridized carbons (Fsp3) is 0.833. The molecule has 1 rings (SSSR count). The fourth-order valence-corrected chi connectivity index (χ4v) is 2.64. The normalized spacial score (nSPS) is 18.6. The van der Waals surface area contributed by atoms with Crippen LogP contribution in [-0.4, -0.2) is 65.9 Å². The molecule has 0 bridgehead atoms. The van der Waals surface area contributed by atoms with Gasteiger partial charge in [0.2, 0.25) is 0 Å². The van der Waals surface area contributed by atoms with E-state index in [-0.39, 0.29) is 12.6 Å². The molecule has 0 aromatic rings. The first-order chi connectivity index (χ1) is 8.86. The molecule has 7 heteroatoms. The number of carboxylic acid groups (broad SMARTS) is 1. The molecule has 0 aliphatic carbocycles. The van der Waals surface area contributed by atoms with E-state index < -0.39 is 11.6 Å². The lowest BCUT2D eigenvalue weighted by molar-refractivity contribution is -0.159. The number of carboxylic acids is 1. The summed E-state index contributed by atoms with van der Waals surface area (Å²) in [5.41, 5.74) is -0.527. The first-order valence-corrected chi connectivity index (χ1v) is 7.63. The maximum atomic E-state index is 11.8. The molecule has 0 spiro atoms. The minimum absolute atomic E-state index is 0.107. The number of nitrogens with one attached hydrogen (secondary N) is 1. The summed E-state index contributed by atoms with van der Waals surface area (Å²) in [4.78, 5) is 23.8. The van der Waals surface area contributed by atoms with Crippen molar-refractivity contribution in [3.8, 4) is 0 Å². The van der Waals surface area contributed by atoms with Crippen LogP contribution in [0, 0.1) is 5.92 Å². The predicted octanol–water partition coefficient (Wildman–Crippen LogP) is 0.871. The van der Waals surface area contributed by atoms with Crippen molar-refractivity contribution in [2.45, 2.75) is 19.4 Å². The van der Waals surface area contributed by atoms with E-state index in [1.165, 1.54) is 0 Å². The Bertz CT molecular complexity index is 332. The third-order valence-corrected chi connectivity index (χ3v) is 3.84. The number of carbonyl (C=O) groups is 2. The lowest BCUT2D eigenvalue weighted by Crippen LogP contribution is -2.65. The number of carbonyl (C=O) groups excluding carboxylic acids is 1. The third kappa shape index (κ3) is 5.28. The molecule has 1 aliphatic heterocycles. The number of thioether (sulfide) groups is 1. The molecule has 1 saturated heterocycles. The number of nitrogens with zero attached hydrogens (tertiary/aromatic N) is 1. The molecule has 0 aromatic heterocycles. The Morgan fingerprint density at radius 1 is 1.53 bits per heavy atom. The van der Waals surface area contributed by atoms with Crippen molar-refractivity contribution in [1.29, 1.82) is 0 Å². The van der Waals surface area contributed by atoms with E-state index >= 15 is 0 Å². The molecule has 110 valence electrons. The molecular formula is C12H22N2O4S. The topological polar surface area (TPSA) is 78.9 Å². The average molecular weight is 290 g/mol. The summed E-state index contributed by atoms with van der Waals surface area (Å²) in [5.74, 6) is 0.463. The van der Waals surface area contributed by atoms with Crippen LogP contribution in [0.3, 0.4) is 0 Å². The van der Waals surface area contributed by atoms with Gasteiger partial charge in [-0.3, -0.25) is 0 Å². The van der Waals surface area contributed by atoms with Crippen molar-refractivity contribution < 1.29 is 19.4 Å². The monoisotopic (exact) mass is 290 g/mol. The van der Waals surface area contributed by atoms with Crippen LogP contribution >= 0.6 is 11.8 Å². The zero-order chi connectivity index (χ0) is 14.5. The second-order valence-electron chi connectivity index (χ2n) is 5.23. The standard InChI is InChI=1S/C12H22N2O4S/c1-9(6-19-3)4-13-11(17)14-7-12(2,8-14)18-5-10(15)16/h9H,4-8H2,1-3H3,(H,13,17)(H,15,16). The molecule has 1 unspecified atom stereocenters. The summed E-state index contributed by atoms with van der Waals surface area (Å²) in [6, 6.07) is -0.107. The molecule has 19 heavy (non-hydrogen) atoms. The Hall–Kier alpha value is -0.950. The molecule has 1 fully saturated rings. The number of urea groups is 1. The number of hydrogen-bond donors (Lipinski definition) is 2. The van der Waals surface area contributed by atoms with Crippen molar-refractivity contribution in [2.75, 3.05) is 38.2 Å². The summed E-state index contributed by atoms with van der Waals surface area (Å²) in [7, 11) is 0. The Labute approximate surface area is 117 Å². The number of ether oxygens (including phenoxy) is 1. The van der Waals surface area contributed by atoms with Gasteiger partial charge in [-0.25, -0.2) is 9.59 Å². The quantitative estimate of drug-likeness (QED) is 0.727. The number of likely N-dealkylation sites (tertiary alicyclic amines) is 1. The lowest BCUT2D eigenvalue weighted by Gasteiger charge is -2.47. The van der Waals surface area contributed by atoms with Gasteiger partial charge in [-0.1, -0.05) is 6.92 Å². The van der Waals surface area contributed by atoms with Gasteiger partial charge >= 0.3 is 12.0 Å². The highest BCUT2D eigenvalue weighted by Crippen LogP contribution is 2.24. The Balaban J connectivity index is 2.22. The van der Waals surface area contributed by atoms with Gasteiger partial charge in [-0.05, 0) is 24.9 Å². The van der Waals surface area contributed by atoms with Gasteiger partial charge in [0.15, 0.2) is 0 Å². The van der Waals surface area contributed by atoms with Crippen molar-refractivity contribution in [3.63, 3.8) is 0 Å². The molecular weight excluding hydrogens is 268 g/mol. The summed E-state index contributed by atoms with van der Waals surface area (Å²) in [6.45, 7) is 5.11. The molecule has 0 aromatic carbocycles. The first-order valence-electron chi connectivity index (χ1n) is 6.24. The number of hydrogen-bond acceptors (Lipinski definition) is 4. The zero-order valence-electron chi connectivity index (χ0n) is 11.6. The van der Waals surface area contributed by atoms with Crippen molar-refractivity contribution in [1.82, 2.24) is 10.2 Å². The van der Waals surface area contributed by atoms with E-state index in [4.69, 9.17) is 9.84 Å². The Morgan fingerprint density at radius 2 is 2.16 bits per heavy atom. The van der Waals surface area contributed by atoms with E-state index in [9.17, 15) is 9.59 Å². The van der Waals surface area contributed by atoms with E-state index in [1.54, 1.807) is 16.7 Å². The summed E-state index contributed by atoms with van der Waals surface area (Å²) in [6.07, 6.45) is 2.04. The summed E-state index contributed by atoms with van der Waals surface area (Å²) < 4.78 is 5.25. The SMILES string of the molecule is CSCC(C)CNC(=O)N1CC(C)(OCC(=O)O)C1. The van der Waals surface area contributed by atoms with Crippen molar-refractivity contribution in [2.24, 2.45) is 5.92 Å². The summed E-state index contributed by atoms with van der Waals surface area (Å²) >= 11 is 1.76. The molecule has 2 amide bonds. The zero-order valence-corrected chi connectivity index (χ0v) is 12.5. The maximum absolute atomic E-state index is 11.8. The number of rotatable bonds is 7. The predicted molar refractivity (Wildman–Crippen MR) is 74.5 cm³/mol. The third-order valence-electron chi connectivity index (χ3n) is 2.93. The van der Waals surface area contributed by atoms with Crippen LogP contribution < -0.4 is 5.32 Å². The highest BCUT2D eigenvalue weighted by Gasteiger charge is 2.42. The lowest BCUT2D eigenvalue weighted by atomic mass is 9.97. The molecule has 0 saturated carbocycles. The van der Waals surface area contributed by atoms with Gasteiger partial charge in [0.05, 0.1) is 13.1 Å². The average Bonchev–Trinajstić information content (AvgIpc) is 2.30. The van der Waals surface area contributed by atoms with Gasteiger partial charge in [0.25, 0.3) is 0 Å². The van der Waals surface area contributed by atoms with E-state index in [0.29, 0.717) is 25.6 Å². The van der Waals surface area contributed by atoms with Crippen LogP contribution in [-0.2, 0) is 9.53 Å². The number of amides is 2. The van der Waals surface area contributed by atoms with Crippen LogP contribution in [0.2, 0.25) is 0 Å². The van der Waals surface area contributed by atoms with Crippen LogP contribution in [0.1, 0.15) is 13.8 Å². The Kier molecular flexibility index (Phi) is 5.93. The van der Waals surface area contributed by atoms with Crippen molar-refractivity contribution in [3.05, 3.63) is 0 Å². The van der Waals surface area contributed by atoms with E-state index in [0.717, 1.165) is 5.75 Å². The Morgan fingerprint density at radius 3 is 2.68 bits per heavy atom. The molecule has 1 atom stereocenters. The van der Waals surface area contributed by atoms with Crippen LogP contribution in [0.25, 0.3) is 0 Å². The van der Waals surface area contributed by atoms with Crippen LogP contribution in [0.4, 0.5) is 4.79 Å². The van der Waals surface area contributed by atoms with E-state index in [1.807, 2.05) is 13.2 Å². The van der Waals surface area contributed by atoms with Crippen LogP contribution in [0.5, 0.6) is 0 Å². The smallest absolute Gasteiger partial charge is 0.329 e. The van der Waals surface area contributed by atoms with E-state index in [2.05, 4.69) is 12.2 Å². The maximum Gasteiger partial charge on any atom is 0.329 e. The molecule has 6 nitrogen and oxygen atoms in total. The van der Waals surface area contributed by atoms with Gasteiger partial charge in [-0.15, -0.1) is 0 Å². The largest absolute Gasteiger partial charge is 0.480 e. The summed E-state index contributed by atoms with van der Waals surface area (Å²) in [5, 5.41) is 11.4. The molecule has 0 radical (unpaired) electrons. The first kappa shape index (κ1) is 16.1. The highest BCUT2D eigenvalue weighted by molar-refractivity contribution is 7.98. The minimum atomic E-state index is -0.991. The van der Waals surface area contributed by atoms with Gasteiger partial charge < -0.3 is 20.1 Å². The minimum Gasteiger partial charge on any atom is -0.480 e. The molecule has 2 N–H and O–H groups in total. The fourth-order valence-electron chi connectivity index (χ4n) is 1.95. The number of aliphatic carboxylic acids is 1. The second-order valence-corrected chi connectivity index (χ2v) is 6.15. The van der Waals surface area contributed by atoms with Crippen LogP contribution in [0.15, 0.2) is 0 Å². The van der Waals surface area contributed by atoms with Gasteiger partial charge in [0, 0.05) is 6.54 Å². The van der Waals surface area contributed by atoms with Crippen molar-refractivity contribution >= 4 is 23.8 Å². The molecule has 1 aliphatic rings. The van der Waals surface area contributed by atoms with Gasteiger partial charge in [0.1, 0.15) is 12.2 Å². The molecule has 1 heterocycles.